The van der Waals surface area contributed by atoms with Gasteiger partial charge < -0.3 is 24.6 Å². The van der Waals surface area contributed by atoms with Gasteiger partial charge in [-0.15, -0.1) is 0 Å². The molecule has 2 amide bonds. The molecule has 10 heteroatoms. The molecule has 2 aliphatic heterocycles. The van der Waals surface area contributed by atoms with E-state index in [1.54, 1.807) is 4.90 Å². The van der Waals surface area contributed by atoms with Crippen LogP contribution in [0.5, 0.6) is 0 Å². The highest BCUT2D eigenvalue weighted by molar-refractivity contribution is 5.93. The number of ether oxygens (including phenoxy) is 2. The Bertz CT molecular complexity index is 731. The first-order valence-corrected chi connectivity index (χ1v) is 11.1. The highest BCUT2D eigenvalue weighted by Gasteiger charge is 2.28. The zero-order valence-electron chi connectivity index (χ0n) is 18.7. The van der Waals surface area contributed by atoms with Crippen molar-refractivity contribution in [1.82, 2.24) is 9.80 Å². The minimum absolute atomic E-state index is 0.0791. The van der Waals surface area contributed by atoms with Crippen molar-refractivity contribution in [3.63, 3.8) is 0 Å². The fourth-order valence-electron chi connectivity index (χ4n) is 4.18. The van der Waals surface area contributed by atoms with Crippen molar-refractivity contribution in [2.24, 2.45) is 0 Å². The van der Waals surface area contributed by atoms with Gasteiger partial charge in [0.2, 0.25) is 0 Å². The molecule has 2 fully saturated rings. The number of piperazine rings is 1. The maximum atomic E-state index is 12.9. The average Bonchev–Trinajstić information content (AvgIpc) is 2.73. The van der Waals surface area contributed by atoms with Crippen LogP contribution < -0.4 is 10.2 Å². The zero-order valence-corrected chi connectivity index (χ0v) is 18.7. The van der Waals surface area contributed by atoms with Crippen LogP contribution >= 0.6 is 0 Å². The molecule has 0 aliphatic carbocycles. The number of urea groups is 1. The lowest BCUT2D eigenvalue weighted by atomic mass is 10.1. The van der Waals surface area contributed by atoms with Gasteiger partial charge in [0.1, 0.15) is 6.61 Å². The summed E-state index contributed by atoms with van der Waals surface area (Å²) in [5.74, 6) is 0. The quantitative estimate of drug-likeness (QED) is 0.635. The smallest absolute Gasteiger partial charge is 0.372 e. The monoisotopic (exact) mass is 458 g/mol. The SMILES string of the molecule is CC1CN(c2ccccc2NC(=O)N2CCN(CCCOCC(F)(F)F)CC2)CC(C)O1. The van der Waals surface area contributed by atoms with E-state index in [9.17, 15) is 18.0 Å². The molecule has 7 nitrogen and oxygen atoms in total. The molecule has 1 aromatic rings. The Morgan fingerprint density at radius 2 is 1.78 bits per heavy atom. The molecular formula is C22H33F3N4O3. The number of hydrogen-bond acceptors (Lipinski definition) is 5. The second-order valence-electron chi connectivity index (χ2n) is 8.46. The summed E-state index contributed by atoms with van der Waals surface area (Å²) in [7, 11) is 0. The number of morpholine rings is 1. The lowest BCUT2D eigenvalue weighted by Crippen LogP contribution is -2.50. The van der Waals surface area contributed by atoms with E-state index in [1.165, 1.54) is 0 Å². The maximum Gasteiger partial charge on any atom is 0.411 e. The number of carbonyl (C=O) groups excluding carboxylic acids is 1. The summed E-state index contributed by atoms with van der Waals surface area (Å²) in [5, 5.41) is 3.06. The first-order chi connectivity index (χ1) is 15.2. The van der Waals surface area contributed by atoms with Crippen LogP contribution in [0, 0.1) is 0 Å². The normalized spacial score (nSPS) is 22.8. The third kappa shape index (κ3) is 7.53. The van der Waals surface area contributed by atoms with Crippen LogP contribution in [0.2, 0.25) is 0 Å². The summed E-state index contributed by atoms with van der Waals surface area (Å²) in [6.07, 6.45) is -3.51. The Labute approximate surface area is 187 Å². The van der Waals surface area contributed by atoms with Gasteiger partial charge in [0.25, 0.3) is 0 Å². The van der Waals surface area contributed by atoms with E-state index in [4.69, 9.17) is 4.74 Å². The summed E-state index contributed by atoms with van der Waals surface area (Å²) in [5.41, 5.74) is 1.77. The van der Waals surface area contributed by atoms with Crippen LogP contribution in [0.3, 0.4) is 0 Å². The summed E-state index contributed by atoms with van der Waals surface area (Å²) in [6, 6.07) is 7.66. The molecule has 2 heterocycles. The number of benzene rings is 1. The zero-order chi connectivity index (χ0) is 23.1. The van der Waals surface area contributed by atoms with Crippen LogP contribution in [-0.2, 0) is 9.47 Å². The Hall–Kier alpha value is -2.04. The van der Waals surface area contributed by atoms with Crippen molar-refractivity contribution >= 4 is 17.4 Å². The van der Waals surface area contributed by atoms with Gasteiger partial charge in [-0.2, -0.15) is 13.2 Å². The lowest BCUT2D eigenvalue weighted by molar-refractivity contribution is -0.174. The molecule has 2 aliphatic rings. The molecule has 0 spiro atoms. The summed E-state index contributed by atoms with van der Waals surface area (Å²) in [6.45, 7) is 7.68. The second kappa shape index (κ2) is 11.2. The van der Waals surface area contributed by atoms with Crippen LogP contribution in [-0.4, -0.2) is 93.2 Å². The third-order valence-corrected chi connectivity index (χ3v) is 5.59. The number of amides is 2. The number of rotatable bonds is 7. The van der Waals surface area contributed by atoms with E-state index in [2.05, 4.69) is 19.9 Å². The standard InChI is InChI=1S/C22H33F3N4O3/c1-17-14-29(15-18(2)32-17)20-7-4-3-6-19(20)26-21(30)28-11-9-27(10-12-28)8-5-13-31-16-22(23,24)25/h3-4,6-7,17-18H,5,8-16H2,1-2H3,(H,26,30). The summed E-state index contributed by atoms with van der Waals surface area (Å²) < 4.78 is 46.7. The van der Waals surface area contributed by atoms with Gasteiger partial charge in [-0.1, -0.05) is 12.1 Å². The molecule has 1 aromatic carbocycles. The van der Waals surface area contributed by atoms with Gasteiger partial charge in [0.05, 0.1) is 23.6 Å². The Kier molecular flexibility index (Phi) is 8.61. The molecule has 0 aromatic heterocycles. The van der Waals surface area contributed by atoms with Crippen LogP contribution in [0.1, 0.15) is 20.3 Å². The largest absolute Gasteiger partial charge is 0.411 e. The minimum atomic E-state index is -4.28. The Balaban J connectivity index is 1.45. The maximum absolute atomic E-state index is 12.9. The molecule has 2 unspecified atom stereocenters. The minimum Gasteiger partial charge on any atom is -0.372 e. The van der Waals surface area contributed by atoms with E-state index in [0.717, 1.165) is 24.5 Å². The molecule has 180 valence electrons. The molecule has 2 saturated heterocycles. The molecule has 32 heavy (non-hydrogen) atoms. The van der Waals surface area contributed by atoms with E-state index in [-0.39, 0.29) is 24.8 Å². The average molecular weight is 459 g/mol. The summed E-state index contributed by atoms with van der Waals surface area (Å²) >= 11 is 0. The van der Waals surface area contributed by atoms with E-state index < -0.39 is 12.8 Å². The van der Waals surface area contributed by atoms with Crippen LogP contribution in [0.15, 0.2) is 24.3 Å². The van der Waals surface area contributed by atoms with Crippen molar-refractivity contribution in [2.75, 3.05) is 69.2 Å². The van der Waals surface area contributed by atoms with Gasteiger partial charge in [0.15, 0.2) is 0 Å². The number of hydrogen-bond donors (Lipinski definition) is 1. The molecule has 0 saturated carbocycles. The number of anilines is 2. The third-order valence-electron chi connectivity index (χ3n) is 5.59. The Morgan fingerprint density at radius 3 is 2.44 bits per heavy atom. The first kappa shape index (κ1) is 24.6. The topological polar surface area (TPSA) is 57.3 Å². The van der Waals surface area contributed by atoms with Gasteiger partial charge in [-0.3, -0.25) is 4.90 Å². The fraction of sp³-hybridized carbons (Fsp3) is 0.682. The molecule has 1 N–H and O–H groups in total. The van der Waals surface area contributed by atoms with E-state index >= 15 is 0 Å². The number of alkyl halides is 3. The van der Waals surface area contributed by atoms with Crippen LogP contribution in [0.4, 0.5) is 29.3 Å². The highest BCUT2D eigenvalue weighted by Crippen LogP contribution is 2.29. The number of carbonyl (C=O) groups is 1. The van der Waals surface area contributed by atoms with Crippen molar-refractivity contribution in [3.05, 3.63) is 24.3 Å². The fourth-order valence-corrected chi connectivity index (χ4v) is 4.18. The molecule has 0 bridgehead atoms. The predicted molar refractivity (Wildman–Crippen MR) is 117 cm³/mol. The first-order valence-electron chi connectivity index (χ1n) is 11.1. The number of para-hydroxylation sites is 2. The van der Waals surface area contributed by atoms with Crippen molar-refractivity contribution < 1.29 is 27.4 Å². The van der Waals surface area contributed by atoms with Crippen molar-refractivity contribution in [3.8, 4) is 0 Å². The van der Waals surface area contributed by atoms with E-state index in [1.807, 2.05) is 38.1 Å². The van der Waals surface area contributed by atoms with Gasteiger partial charge in [-0.05, 0) is 32.4 Å². The number of halogens is 3. The lowest BCUT2D eigenvalue weighted by Gasteiger charge is -2.38. The molecular weight excluding hydrogens is 425 g/mol. The van der Waals surface area contributed by atoms with Crippen molar-refractivity contribution in [1.29, 1.82) is 0 Å². The molecule has 0 radical (unpaired) electrons. The van der Waals surface area contributed by atoms with Gasteiger partial charge in [-0.25, -0.2) is 4.79 Å². The second-order valence-corrected chi connectivity index (χ2v) is 8.46. The highest BCUT2D eigenvalue weighted by atomic mass is 19.4. The van der Waals surface area contributed by atoms with Crippen LogP contribution in [0.25, 0.3) is 0 Å². The van der Waals surface area contributed by atoms with Gasteiger partial charge in [0, 0.05) is 52.4 Å². The molecule has 3 rings (SSSR count). The summed E-state index contributed by atoms with van der Waals surface area (Å²) in [4.78, 5) is 19.0. The predicted octanol–water partition coefficient (Wildman–Crippen LogP) is 3.42. The number of nitrogens with one attached hydrogen (secondary N) is 1. The van der Waals surface area contributed by atoms with Crippen molar-refractivity contribution in [2.45, 2.75) is 38.7 Å². The number of nitrogens with zero attached hydrogens (tertiary/aromatic N) is 3. The molecule has 2 atom stereocenters. The van der Waals surface area contributed by atoms with E-state index in [0.29, 0.717) is 39.1 Å². The van der Waals surface area contributed by atoms with Gasteiger partial charge >= 0.3 is 12.2 Å². The Morgan fingerprint density at radius 1 is 1.12 bits per heavy atom.